The van der Waals surface area contributed by atoms with Crippen LogP contribution < -0.4 is 25.8 Å². The third-order valence-electron chi connectivity index (χ3n) is 9.50. The molecule has 0 spiro atoms. The number of piperidine rings is 2. The zero-order valence-corrected chi connectivity index (χ0v) is 30.0. The largest absolute Gasteiger partial charge is 0.494 e. The predicted molar refractivity (Wildman–Crippen MR) is 192 cm³/mol. The average Bonchev–Trinajstić information content (AvgIpc) is 3.67. The number of hydrogen-bond donors (Lipinski definition) is 2. The lowest BCUT2D eigenvalue weighted by molar-refractivity contribution is -0.136. The Hall–Kier alpha value is -4.60. The number of carbonyl (C=O) groups is 4. The summed E-state index contributed by atoms with van der Waals surface area (Å²) in [5.74, 6) is -0.471. The Kier molecular flexibility index (Phi) is 9.46. The van der Waals surface area contributed by atoms with Crippen molar-refractivity contribution >= 4 is 67.4 Å². The summed E-state index contributed by atoms with van der Waals surface area (Å²) in [6.45, 7) is 2.75. The molecule has 50 heavy (non-hydrogen) atoms. The zero-order chi connectivity index (χ0) is 35.1. The third kappa shape index (κ3) is 6.52. The van der Waals surface area contributed by atoms with Gasteiger partial charge in [0.2, 0.25) is 11.8 Å². The quantitative estimate of drug-likeness (QED) is 0.181. The van der Waals surface area contributed by atoms with E-state index in [9.17, 15) is 24.0 Å². The van der Waals surface area contributed by atoms with E-state index in [0.717, 1.165) is 30.2 Å². The van der Waals surface area contributed by atoms with Crippen LogP contribution in [0.15, 0.2) is 63.3 Å². The maximum absolute atomic E-state index is 13.5. The fourth-order valence-electron chi connectivity index (χ4n) is 7.08. The van der Waals surface area contributed by atoms with Gasteiger partial charge in [-0.2, -0.15) is 0 Å². The van der Waals surface area contributed by atoms with Crippen LogP contribution in [-0.4, -0.2) is 95.2 Å². The lowest BCUT2D eigenvalue weighted by Gasteiger charge is -2.36. The van der Waals surface area contributed by atoms with E-state index in [1.54, 1.807) is 24.4 Å². The summed E-state index contributed by atoms with van der Waals surface area (Å²) in [5.41, 5.74) is 2.21. The van der Waals surface area contributed by atoms with Crippen molar-refractivity contribution in [3.63, 3.8) is 0 Å². The van der Waals surface area contributed by atoms with Gasteiger partial charge in [-0.25, -0.2) is 4.98 Å². The smallest absolute Gasteiger partial charge is 0.275 e. The Morgan fingerprint density at radius 3 is 2.66 bits per heavy atom. The van der Waals surface area contributed by atoms with Crippen LogP contribution in [0.3, 0.4) is 0 Å². The summed E-state index contributed by atoms with van der Waals surface area (Å²) >= 11 is 4.87. The first-order chi connectivity index (χ1) is 24.1. The molecular formula is C35H36BrN7O6S. The van der Waals surface area contributed by atoms with Crippen molar-refractivity contribution in [1.29, 1.82) is 0 Å². The molecule has 4 amide bonds. The maximum Gasteiger partial charge on any atom is 0.275 e. The first-order valence-corrected chi connectivity index (χ1v) is 18.1. The topological polar surface area (TPSA) is 146 Å². The number of nitrogens with zero attached hydrogens (tertiary/aromatic N) is 5. The second-order valence-corrected chi connectivity index (χ2v) is 14.6. The number of amides is 4. The molecule has 7 rings (SSSR count). The molecule has 260 valence electrons. The molecule has 3 unspecified atom stereocenters. The Morgan fingerprint density at radius 2 is 1.88 bits per heavy atom. The number of fused-ring (bicyclic) bond motifs is 2. The van der Waals surface area contributed by atoms with Gasteiger partial charge in [-0.1, -0.05) is 18.2 Å². The van der Waals surface area contributed by atoms with Crippen LogP contribution in [0.4, 0.5) is 11.5 Å². The van der Waals surface area contributed by atoms with E-state index in [2.05, 4.69) is 55.6 Å². The van der Waals surface area contributed by atoms with Gasteiger partial charge in [0.1, 0.15) is 22.1 Å². The number of nitrogens with one attached hydrogen (secondary N) is 2. The van der Waals surface area contributed by atoms with Crippen molar-refractivity contribution in [2.75, 3.05) is 50.6 Å². The summed E-state index contributed by atoms with van der Waals surface area (Å²) in [5, 5.41) is 7.59. The van der Waals surface area contributed by atoms with E-state index in [0.29, 0.717) is 40.5 Å². The number of carbonyl (C=O) groups excluding carboxylic acids is 4. The molecule has 2 fully saturated rings. The summed E-state index contributed by atoms with van der Waals surface area (Å²) < 4.78 is 8.03. The van der Waals surface area contributed by atoms with Gasteiger partial charge in [-0.05, 0) is 78.0 Å². The van der Waals surface area contributed by atoms with Crippen LogP contribution in [0.1, 0.15) is 57.9 Å². The van der Waals surface area contributed by atoms with Gasteiger partial charge in [0.15, 0.2) is 4.96 Å². The minimum atomic E-state index is -1.01. The number of likely N-dealkylation sites (N-methyl/N-ethyl adjacent to an activating group) is 1. The van der Waals surface area contributed by atoms with Crippen molar-refractivity contribution in [2.24, 2.45) is 0 Å². The Labute approximate surface area is 300 Å². The summed E-state index contributed by atoms with van der Waals surface area (Å²) in [7, 11) is 3.95. The molecule has 2 aromatic carbocycles. The summed E-state index contributed by atoms with van der Waals surface area (Å²) in [6, 6.07) is 12.4. The Morgan fingerprint density at radius 1 is 1.08 bits per heavy atom. The molecule has 0 radical (unpaired) electrons. The second kappa shape index (κ2) is 14.0. The van der Waals surface area contributed by atoms with Crippen molar-refractivity contribution in [3.8, 4) is 5.75 Å². The van der Waals surface area contributed by atoms with E-state index in [4.69, 9.17) is 4.74 Å². The van der Waals surface area contributed by atoms with Gasteiger partial charge in [0.05, 0.1) is 23.4 Å². The van der Waals surface area contributed by atoms with Crippen LogP contribution in [0.2, 0.25) is 0 Å². The first kappa shape index (κ1) is 33.9. The number of aromatic nitrogens is 2. The number of ether oxygens (including phenoxy) is 1. The number of imide groups is 2. The molecule has 4 aromatic rings. The fourth-order valence-corrected chi connectivity index (χ4v) is 8.18. The number of likely N-dealkylation sites (tertiary alicyclic amines) is 1. The molecule has 3 aliphatic heterocycles. The molecule has 15 heteroatoms. The average molecular weight is 763 g/mol. The van der Waals surface area contributed by atoms with E-state index in [1.165, 1.54) is 21.3 Å². The van der Waals surface area contributed by atoms with Crippen LogP contribution in [-0.2, 0) is 9.59 Å². The monoisotopic (exact) mass is 761 g/mol. The molecule has 2 saturated heterocycles. The number of benzene rings is 2. The van der Waals surface area contributed by atoms with Crippen molar-refractivity contribution in [1.82, 2.24) is 24.5 Å². The van der Waals surface area contributed by atoms with Gasteiger partial charge in [0, 0.05) is 50.7 Å². The molecular weight excluding hydrogens is 726 g/mol. The number of hydrogen-bond acceptors (Lipinski definition) is 11. The SMILES string of the molecule is CN1CC(Nc2nc3sccn3c(=O)c2Br)CC(c2ccc(OCCCN(C)c3cccc4c3C(=O)N(C3CCC(=O)NC3=O)C4=O)cc2)C1. The molecule has 2 N–H and O–H groups in total. The van der Waals surface area contributed by atoms with Gasteiger partial charge < -0.3 is 19.9 Å². The molecule has 5 heterocycles. The molecule has 3 atom stereocenters. The maximum atomic E-state index is 13.5. The minimum absolute atomic E-state index is 0.0730. The van der Waals surface area contributed by atoms with E-state index >= 15 is 0 Å². The van der Waals surface area contributed by atoms with Gasteiger partial charge >= 0.3 is 0 Å². The van der Waals surface area contributed by atoms with Crippen molar-refractivity contribution in [3.05, 3.63) is 85.6 Å². The van der Waals surface area contributed by atoms with E-state index in [1.807, 2.05) is 29.5 Å². The van der Waals surface area contributed by atoms with Crippen molar-refractivity contribution < 1.29 is 23.9 Å². The fraction of sp³-hybridized carbons (Fsp3) is 0.371. The highest BCUT2D eigenvalue weighted by Crippen LogP contribution is 2.34. The number of rotatable bonds is 10. The molecule has 2 aromatic heterocycles. The van der Waals surface area contributed by atoms with Crippen LogP contribution in [0, 0.1) is 0 Å². The minimum Gasteiger partial charge on any atom is -0.494 e. The second-order valence-electron chi connectivity index (χ2n) is 13.0. The molecule has 0 bridgehead atoms. The normalized spacial score (nSPS) is 21.0. The van der Waals surface area contributed by atoms with Gasteiger partial charge in [0.25, 0.3) is 17.4 Å². The van der Waals surface area contributed by atoms with Crippen LogP contribution in [0.25, 0.3) is 4.96 Å². The van der Waals surface area contributed by atoms with Gasteiger partial charge in [-0.15, -0.1) is 11.3 Å². The highest BCUT2D eigenvalue weighted by atomic mass is 79.9. The van der Waals surface area contributed by atoms with Crippen LogP contribution >= 0.6 is 27.3 Å². The standard InChI is InChI=1S/C35H36BrN7O6S/c1-40-18-21(17-22(19-40)37-30-29(36)34(48)42-14-16-50-35(42)39-30)20-7-9-23(10-8-20)49-15-4-13-41(2)25-6-3-5-24-28(25)33(47)43(32(24)46)26-11-12-27(44)38-31(26)45/h3,5-10,14,16,21-22,26,37H,4,11-13,15,17-19H2,1-2H3,(H,38,44,45). The lowest BCUT2D eigenvalue weighted by atomic mass is 9.88. The zero-order valence-electron chi connectivity index (χ0n) is 27.6. The van der Waals surface area contributed by atoms with Crippen molar-refractivity contribution in [2.45, 2.75) is 43.7 Å². The van der Waals surface area contributed by atoms with E-state index in [-0.39, 0.29) is 41.5 Å². The highest BCUT2D eigenvalue weighted by molar-refractivity contribution is 9.10. The number of thiazole rings is 1. The number of anilines is 2. The molecule has 0 aliphatic carbocycles. The number of halogens is 1. The van der Waals surface area contributed by atoms with E-state index < -0.39 is 29.7 Å². The molecule has 3 aliphatic rings. The molecule has 0 saturated carbocycles. The third-order valence-corrected chi connectivity index (χ3v) is 11.0. The van der Waals surface area contributed by atoms with Gasteiger partial charge in [-0.3, -0.25) is 38.6 Å². The summed E-state index contributed by atoms with van der Waals surface area (Å²) in [6.07, 6.45) is 3.46. The molecule has 13 nitrogen and oxygen atoms in total. The highest BCUT2D eigenvalue weighted by Gasteiger charge is 2.46. The Balaban J connectivity index is 0.932. The predicted octanol–water partition coefficient (Wildman–Crippen LogP) is 3.72. The lowest BCUT2D eigenvalue weighted by Crippen LogP contribution is -2.54. The van der Waals surface area contributed by atoms with Crippen LogP contribution in [0.5, 0.6) is 5.75 Å². The Bertz CT molecular complexity index is 2050. The summed E-state index contributed by atoms with van der Waals surface area (Å²) in [4.78, 5) is 74.0. The first-order valence-electron chi connectivity index (χ1n) is 16.5.